The molecule has 1 aromatic carbocycles. The molecule has 4 nitrogen and oxygen atoms in total. The van der Waals surface area contributed by atoms with E-state index in [1.165, 1.54) is 5.56 Å². The summed E-state index contributed by atoms with van der Waals surface area (Å²) in [4.78, 5) is 0. The summed E-state index contributed by atoms with van der Waals surface area (Å²) in [5.41, 5.74) is 1.20. The van der Waals surface area contributed by atoms with Gasteiger partial charge in [-0.2, -0.15) is 0 Å². The van der Waals surface area contributed by atoms with E-state index in [0.29, 0.717) is 0 Å². The highest BCUT2D eigenvalue weighted by molar-refractivity contribution is 5.43. The van der Waals surface area contributed by atoms with Crippen LogP contribution in [0.1, 0.15) is 5.56 Å². The molecule has 17 heavy (non-hydrogen) atoms. The van der Waals surface area contributed by atoms with E-state index < -0.39 is 0 Å². The molecule has 1 aromatic rings. The molecule has 0 amide bonds. The molecule has 1 N–H and O–H groups in total. The first kappa shape index (κ1) is 12.2. The fourth-order valence-corrected chi connectivity index (χ4v) is 2.02. The summed E-state index contributed by atoms with van der Waals surface area (Å²) in [5, 5.41) is 3.33. The van der Waals surface area contributed by atoms with Gasteiger partial charge >= 0.3 is 0 Å². The number of benzene rings is 1. The van der Waals surface area contributed by atoms with Gasteiger partial charge in [-0.05, 0) is 17.7 Å². The van der Waals surface area contributed by atoms with Crippen LogP contribution >= 0.6 is 0 Å². The van der Waals surface area contributed by atoms with E-state index in [-0.39, 0.29) is 6.10 Å². The van der Waals surface area contributed by atoms with Crippen LogP contribution in [0.15, 0.2) is 18.2 Å². The Bertz CT molecular complexity index is 362. The fraction of sp³-hybridized carbons (Fsp3) is 0.538. The predicted molar refractivity (Wildman–Crippen MR) is 65.9 cm³/mol. The number of ether oxygens (including phenoxy) is 3. The Morgan fingerprint density at radius 3 is 2.76 bits per heavy atom. The third-order valence-corrected chi connectivity index (χ3v) is 2.92. The Morgan fingerprint density at radius 2 is 2.12 bits per heavy atom. The van der Waals surface area contributed by atoms with E-state index in [4.69, 9.17) is 14.2 Å². The summed E-state index contributed by atoms with van der Waals surface area (Å²) < 4.78 is 16.2. The maximum absolute atomic E-state index is 5.68. The van der Waals surface area contributed by atoms with Gasteiger partial charge in [0.15, 0.2) is 11.5 Å². The van der Waals surface area contributed by atoms with Crippen molar-refractivity contribution in [3.05, 3.63) is 23.8 Å². The molecule has 1 fully saturated rings. The lowest BCUT2D eigenvalue weighted by Crippen LogP contribution is -2.39. The van der Waals surface area contributed by atoms with Gasteiger partial charge in [0.2, 0.25) is 0 Å². The van der Waals surface area contributed by atoms with Crippen LogP contribution in [0.5, 0.6) is 11.5 Å². The third-order valence-electron chi connectivity index (χ3n) is 2.92. The molecule has 1 heterocycles. The molecule has 94 valence electrons. The van der Waals surface area contributed by atoms with Crippen LogP contribution in [0.4, 0.5) is 0 Å². The summed E-state index contributed by atoms with van der Waals surface area (Å²) in [7, 11) is 3.30. The Balaban J connectivity index is 2.05. The molecule has 0 saturated carbocycles. The second-order valence-electron chi connectivity index (χ2n) is 4.09. The van der Waals surface area contributed by atoms with Gasteiger partial charge in [0.05, 0.1) is 26.9 Å². The van der Waals surface area contributed by atoms with Crippen molar-refractivity contribution in [2.75, 3.05) is 33.9 Å². The normalized spacial score (nSPS) is 20.0. The van der Waals surface area contributed by atoms with Crippen LogP contribution < -0.4 is 14.8 Å². The van der Waals surface area contributed by atoms with Crippen LogP contribution in [0.3, 0.4) is 0 Å². The van der Waals surface area contributed by atoms with Crippen molar-refractivity contribution in [3.8, 4) is 11.5 Å². The molecule has 2 rings (SSSR count). The molecule has 1 aliphatic rings. The average molecular weight is 237 g/mol. The molecule has 1 saturated heterocycles. The van der Waals surface area contributed by atoms with Crippen molar-refractivity contribution in [3.63, 3.8) is 0 Å². The second-order valence-corrected chi connectivity index (χ2v) is 4.09. The molecule has 1 atom stereocenters. The Kier molecular flexibility index (Phi) is 4.23. The summed E-state index contributed by atoms with van der Waals surface area (Å²) in [5.74, 6) is 1.53. The van der Waals surface area contributed by atoms with Crippen molar-refractivity contribution in [2.24, 2.45) is 0 Å². The van der Waals surface area contributed by atoms with Gasteiger partial charge in [-0.3, -0.25) is 0 Å². The number of hydrogen-bond acceptors (Lipinski definition) is 4. The minimum Gasteiger partial charge on any atom is -0.493 e. The van der Waals surface area contributed by atoms with Gasteiger partial charge in [0.1, 0.15) is 0 Å². The van der Waals surface area contributed by atoms with Gasteiger partial charge in [0.25, 0.3) is 0 Å². The zero-order valence-corrected chi connectivity index (χ0v) is 10.4. The minimum atomic E-state index is 0.252. The first-order valence-corrected chi connectivity index (χ1v) is 5.86. The molecule has 0 aliphatic carbocycles. The van der Waals surface area contributed by atoms with Crippen LogP contribution in [0.25, 0.3) is 0 Å². The lowest BCUT2D eigenvalue weighted by atomic mass is 10.1. The van der Waals surface area contributed by atoms with Crippen LogP contribution in [-0.2, 0) is 11.2 Å². The first-order chi connectivity index (χ1) is 8.33. The zero-order chi connectivity index (χ0) is 12.1. The second kappa shape index (κ2) is 5.89. The highest BCUT2D eigenvalue weighted by Gasteiger charge is 2.15. The van der Waals surface area contributed by atoms with E-state index in [1.54, 1.807) is 14.2 Å². The lowest BCUT2D eigenvalue weighted by molar-refractivity contribution is 0.0292. The quantitative estimate of drug-likeness (QED) is 0.855. The number of hydrogen-bond donors (Lipinski definition) is 1. The van der Waals surface area contributed by atoms with E-state index in [0.717, 1.165) is 37.6 Å². The number of rotatable bonds is 4. The molecule has 0 radical (unpaired) electrons. The van der Waals surface area contributed by atoms with Gasteiger partial charge in [0, 0.05) is 19.5 Å². The van der Waals surface area contributed by atoms with Gasteiger partial charge in [-0.1, -0.05) is 6.07 Å². The number of methoxy groups -OCH3 is 2. The van der Waals surface area contributed by atoms with E-state index >= 15 is 0 Å². The molecule has 0 bridgehead atoms. The summed E-state index contributed by atoms with van der Waals surface area (Å²) >= 11 is 0. The van der Waals surface area contributed by atoms with E-state index in [1.807, 2.05) is 12.1 Å². The molecular weight excluding hydrogens is 218 g/mol. The maximum Gasteiger partial charge on any atom is 0.160 e. The Labute approximate surface area is 102 Å². The highest BCUT2D eigenvalue weighted by atomic mass is 16.5. The highest BCUT2D eigenvalue weighted by Crippen LogP contribution is 2.28. The first-order valence-electron chi connectivity index (χ1n) is 5.86. The monoisotopic (exact) mass is 237 g/mol. The van der Waals surface area contributed by atoms with Crippen molar-refractivity contribution >= 4 is 0 Å². The fourth-order valence-electron chi connectivity index (χ4n) is 2.02. The summed E-state index contributed by atoms with van der Waals surface area (Å²) in [6, 6.07) is 6.00. The zero-order valence-electron chi connectivity index (χ0n) is 10.4. The van der Waals surface area contributed by atoms with E-state index in [2.05, 4.69) is 11.4 Å². The van der Waals surface area contributed by atoms with E-state index in [9.17, 15) is 0 Å². The van der Waals surface area contributed by atoms with Crippen LogP contribution in [0, 0.1) is 0 Å². The van der Waals surface area contributed by atoms with Gasteiger partial charge in [-0.25, -0.2) is 0 Å². The minimum absolute atomic E-state index is 0.252. The molecular formula is C13H19NO3. The molecule has 0 spiro atoms. The predicted octanol–water partition coefficient (Wildman–Crippen LogP) is 1.23. The number of morpholine rings is 1. The molecule has 0 unspecified atom stereocenters. The van der Waals surface area contributed by atoms with Crippen LogP contribution in [-0.4, -0.2) is 40.0 Å². The lowest BCUT2D eigenvalue weighted by Gasteiger charge is -2.23. The molecule has 4 heteroatoms. The van der Waals surface area contributed by atoms with Crippen LogP contribution in [0.2, 0.25) is 0 Å². The van der Waals surface area contributed by atoms with Crippen molar-refractivity contribution < 1.29 is 14.2 Å². The molecule has 0 aromatic heterocycles. The van der Waals surface area contributed by atoms with Gasteiger partial charge < -0.3 is 19.5 Å². The SMILES string of the molecule is COc1ccc(C[C@@H]2CNCCO2)cc1OC. The van der Waals surface area contributed by atoms with Gasteiger partial charge in [-0.15, -0.1) is 0 Å². The van der Waals surface area contributed by atoms with Crippen molar-refractivity contribution in [1.29, 1.82) is 0 Å². The van der Waals surface area contributed by atoms with Crippen molar-refractivity contribution in [2.45, 2.75) is 12.5 Å². The third kappa shape index (κ3) is 3.11. The standard InChI is InChI=1S/C13H19NO3/c1-15-12-4-3-10(8-13(12)16-2)7-11-9-14-5-6-17-11/h3-4,8,11,14H,5-7,9H2,1-2H3/t11-/m1/s1. The Morgan fingerprint density at radius 1 is 1.29 bits per heavy atom. The maximum atomic E-state index is 5.68. The smallest absolute Gasteiger partial charge is 0.160 e. The largest absolute Gasteiger partial charge is 0.493 e. The topological polar surface area (TPSA) is 39.7 Å². The summed E-state index contributed by atoms with van der Waals surface area (Å²) in [6.45, 7) is 2.65. The summed E-state index contributed by atoms with van der Waals surface area (Å²) in [6.07, 6.45) is 1.15. The Hall–Kier alpha value is -1.26. The van der Waals surface area contributed by atoms with Crippen molar-refractivity contribution in [1.82, 2.24) is 5.32 Å². The number of nitrogens with one attached hydrogen (secondary N) is 1. The average Bonchev–Trinajstić information content (AvgIpc) is 2.40. The molecule has 1 aliphatic heterocycles.